The van der Waals surface area contributed by atoms with E-state index in [2.05, 4.69) is 51.0 Å². The van der Waals surface area contributed by atoms with E-state index in [4.69, 9.17) is 0 Å². The van der Waals surface area contributed by atoms with Crippen molar-refractivity contribution in [3.05, 3.63) is 71.1 Å². The number of aromatic nitrogens is 1. The van der Waals surface area contributed by atoms with E-state index in [0.29, 0.717) is 6.54 Å². The van der Waals surface area contributed by atoms with Gasteiger partial charge in [-0.1, -0.05) is 18.2 Å². The Hall–Kier alpha value is -2.70. The highest BCUT2D eigenvalue weighted by Crippen LogP contribution is 2.32. The van der Waals surface area contributed by atoms with Gasteiger partial charge in [-0.2, -0.15) is 0 Å². The Morgan fingerprint density at radius 2 is 1.96 bits per heavy atom. The first-order valence-corrected chi connectivity index (χ1v) is 9.60. The van der Waals surface area contributed by atoms with Crippen LogP contribution in [-0.4, -0.2) is 21.9 Å². The predicted molar refractivity (Wildman–Crippen MR) is 103 cm³/mol. The molecule has 0 fully saturated rings. The van der Waals surface area contributed by atoms with Crippen molar-refractivity contribution in [3.8, 4) is 11.3 Å². The van der Waals surface area contributed by atoms with Crippen molar-refractivity contribution >= 4 is 43.5 Å². The van der Waals surface area contributed by atoms with Crippen LogP contribution in [0.25, 0.3) is 20.7 Å². The van der Waals surface area contributed by atoms with E-state index in [-0.39, 0.29) is 0 Å². The smallest absolute Gasteiger partial charge is 0.241 e. The molecule has 4 nitrogen and oxygen atoms in total. The van der Waals surface area contributed by atoms with Gasteiger partial charge >= 0.3 is 0 Å². The number of fused-ring (bicyclic) bond motifs is 1. The van der Waals surface area contributed by atoms with E-state index < -0.39 is 0 Å². The van der Waals surface area contributed by atoms with E-state index in [1.807, 2.05) is 35.2 Å². The molecule has 4 heterocycles. The van der Waals surface area contributed by atoms with Gasteiger partial charge in [0.15, 0.2) is 12.2 Å². The number of pyridine rings is 1. The molecule has 4 aromatic rings. The first kappa shape index (κ1) is 14.6. The van der Waals surface area contributed by atoms with E-state index in [1.165, 1.54) is 14.3 Å². The van der Waals surface area contributed by atoms with Gasteiger partial charge in [-0.25, -0.2) is 0 Å². The normalized spacial score (nSPS) is 13.9. The third-order valence-electron chi connectivity index (χ3n) is 4.10. The molecule has 0 aliphatic carbocycles. The maximum atomic E-state index is 4.42. The van der Waals surface area contributed by atoms with Crippen molar-refractivity contribution in [1.29, 1.82) is 0 Å². The standard InChI is InChI=1S/C19H13N4S2/c1-2-8-20-15(6-1)13-4-3-5-14(10-13)23-12-16(21-22-23)18-11-19-17(25-18)7-9-24-19/h1-11H,12H2/q+1. The first-order valence-electron chi connectivity index (χ1n) is 7.91. The highest BCUT2D eigenvalue weighted by atomic mass is 32.1. The molecule has 0 atom stereocenters. The summed E-state index contributed by atoms with van der Waals surface area (Å²) in [6.45, 7) is 0.694. The van der Waals surface area contributed by atoms with E-state index in [1.54, 1.807) is 22.7 Å². The highest BCUT2D eigenvalue weighted by molar-refractivity contribution is 7.27. The number of thiophene rings is 2. The van der Waals surface area contributed by atoms with Gasteiger partial charge in [0, 0.05) is 21.2 Å². The van der Waals surface area contributed by atoms with Crippen molar-refractivity contribution in [2.75, 3.05) is 6.54 Å². The Balaban J connectivity index is 1.41. The molecule has 0 radical (unpaired) electrons. The molecule has 0 N–H and O–H groups in total. The van der Waals surface area contributed by atoms with Gasteiger partial charge in [0.2, 0.25) is 5.71 Å². The summed E-state index contributed by atoms with van der Waals surface area (Å²) in [7, 11) is 0. The lowest BCUT2D eigenvalue weighted by Gasteiger charge is -2.02. The Morgan fingerprint density at radius 3 is 2.84 bits per heavy atom. The lowest BCUT2D eigenvalue weighted by atomic mass is 10.1. The molecule has 1 aliphatic rings. The Labute approximate surface area is 152 Å². The summed E-state index contributed by atoms with van der Waals surface area (Å²) in [5.41, 5.74) is 4.10. The molecule has 0 unspecified atom stereocenters. The third-order valence-corrected chi connectivity index (χ3v) is 6.24. The molecule has 1 aliphatic heterocycles. The van der Waals surface area contributed by atoms with Gasteiger partial charge in [-0.3, -0.25) is 4.98 Å². The van der Waals surface area contributed by atoms with E-state index >= 15 is 0 Å². The molecule has 0 saturated heterocycles. The molecule has 0 bridgehead atoms. The first-order chi connectivity index (χ1) is 12.4. The van der Waals surface area contributed by atoms with Gasteiger partial charge < -0.3 is 0 Å². The molecule has 0 spiro atoms. The summed E-state index contributed by atoms with van der Waals surface area (Å²) in [5, 5.41) is 10.9. The molecule has 25 heavy (non-hydrogen) atoms. The van der Waals surface area contributed by atoms with Gasteiger partial charge in [-0.05, 0) is 41.8 Å². The number of hydrogen-bond acceptors (Lipinski definition) is 5. The van der Waals surface area contributed by atoms with Crippen LogP contribution in [0.3, 0.4) is 0 Å². The minimum atomic E-state index is 0.694. The lowest BCUT2D eigenvalue weighted by Crippen LogP contribution is -2.10. The summed E-state index contributed by atoms with van der Waals surface area (Å²) >= 11 is 3.55. The average molecular weight is 361 g/mol. The zero-order chi connectivity index (χ0) is 16.6. The van der Waals surface area contributed by atoms with Crippen LogP contribution in [-0.2, 0) is 0 Å². The van der Waals surface area contributed by atoms with Crippen LogP contribution in [0, 0.1) is 0 Å². The van der Waals surface area contributed by atoms with E-state index in [0.717, 1.165) is 22.7 Å². The van der Waals surface area contributed by atoms with Crippen LogP contribution in [0.4, 0.5) is 5.69 Å². The fraction of sp³-hybridized carbons (Fsp3) is 0.0526. The largest absolute Gasteiger partial charge is 0.256 e. The zero-order valence-electron chi connectivity index (χ0n) is 13.2. The molecule has 1 aromatic carbocycles. The second-order valence-corrected chi connectivity index (χ2v) is 7.75. The molecule has 120 valence electrons. The SMILES string of the molecule is c1ccc(-c2cccc([N+]3=NN=C(c4cc5sccc5s4)C3)c2)nc1. The number of rotatable bonds is 3. The second kappa shape index (κ2) is 5.98. The average Bonchev–Trinajstić information content (AvgIpc) is 3.38. The van der Waals surface area contributed by atoms with Crippen molar-refractivity contribution in [3.63, 3.8) is 0 Å². The van der Waals surface area contributed by atoms with E-state index in [9.17, 15) is 0 Å². The quantitative estimate of drug-likeness (QED) is 0.442. The topological polar surface area (TPSA) is 40.6 Å². The lowest BCUT2D eigenvalue weighted by molar-refractivity contribution is -0.492. The molecule has 6 heteroatoms. The minimum Gasteiger partial charge on any atom is -0.256 e. The van der Waals surface area contributed by atoms with Crippen LogP contribution in [0.1, 0.15) is 4.88 Å². The van der Waals surface area contributed by atoms with Crippen LogP contribution in [0.15, 0.2) is 76.5 Å². The zero-order valence-corrected chi connectivity index (χ0v) is 14.8. The predicted octanol–water partition coefficient (Wildman–Crippen LogP) is 5.54. The molecular formula is C19H13N4S2+. The summed E-state index contributed by atoms with van der Waals surface area (Å²) in [6, 6.07) is 18.6. The molecule has 0 saturated carbocycles. The summed E-state index contributed by atoms with van der Waals surface area (Å²) in [5.74, 6) is 0. The van der Waals surface area contributed by atoms with Crippen LogP contribution in [0.2, 0.25) is 0 Å². The maximum absolute atomic E-state index is 4.42. The van der Waals surface area contributed by atoms with Gasteiger partial charge in [0.05, 0.1) is 15.7 Å². The fourth-order valence-corrected chi connectivity index (χ4v) is 4.93. The van der Waals surface area contributed by atoms with Crippen LogP contribution < -0.4 is 0 Å². The van der Waals surface area contributed by atoms with Crippen molar-refractivity contribution in [2.45, 2.75) is 0 Å². The van der Waals surface area contributed by atoms with Crippen molar-refractivity contribution in [2.24, 2.45) is 10.3 Å². The minimum absolute atomic E-state index is 0.694. The maximum Gasteiger partial charge on any atom is 0.241 e. The summed E-state index contributed by atoms with van der Waals surface area (Å²) in [6.07, 6.45) is 1.81. The summed E-state index contributed by atoms with van der Waals surface area (Å²) < 4.78 is 4.58. The number of benzene rings is 1. The van der Waals surface area contributed by atoms with Crippen molar-refractivity contribution in [1.82, 2.24) is 4.98 Å². The monoisotopic (exact) mass is 361 g/mol. The molecule has 3 aromatic heterocycles. The van der Waals surface area contributed by atoms with Crippen LogP contribution >= 0.6 is 22.7 Å². The number of hydrogen-bond donors (Lipinski definition) is 0. The number of nitrogens with zero attached hydrogens (tertiary/aromatic N) is 4. The highest BCUT2D eigenvalue weighted by Gasteiger charge is 2.25. The Morgan fingerprint density at radius 1 is 0.960 bits per heavy atom. The third kappa shape index (κ3) is 2.69. The molecular weight excluding hydrogens is 348 g/mol. The molecule has 0 amide bonds. The Bertz CT molecular complexity index is 1090. The van der Waals surface area contributed by atoms with Gasteiger partial charge in [-0.15, -0.1) is 27.4 Å². The Kier molecular flexibility index (Phi) is 3.50. The van der Waals surface area contributed by atoms with Gasteiger partial charge in [0.1, 0.15) is 5.22 Å². The van der Waals surface area contributed by atoms with Crippen LogP contribution in [0.5, 0.6) is 0 Å². The van der Waals surface area contributed by atoms with Crippen molar-refractivity contribution < 1.29 is 4.70 Å². The summed E-state index contributed by atoms with van der Waals surface area (Å²) in [4.78, 5) is 5.63. The second-order valence-electron chi connectivity index (χ2n) is 5.72. The fourth-order valence-electron chi connectivity index (χ4n) is 2.85. The molecule has 5 rings (SSSR count). The van der Waals surface area contributed by atoms with Gasteiger partial charge in [0.25, 0.3) is 0 Å².